The molecule has 0 spiro atoms. The van der Waals surface area contributed by atoms with E-state index in [4.69, 9.17) is 4.98 Å². The molecule has 2 atom stereocenters. The van der Waals surface area contributed by atoms with Gasteiger partial charge in [-0.05, 0) is 62.3 Å². The smallest absolute Gasteiger partial charge is 0.152 e. The molecule has 1 saturated carbocycles. The monoisotopic (exact) mass is 293 g/mol. The highest BCUT2D eigenvalue weighted by Gasteiger charge is 2.48. The molecule has 1 aromatic heterocycles. The minimum Gasteiger partial charge on any atom is -0.385 e. The SMILES string of the molecule is CC(=O)/C=C1/CC2CCCC2(O)c2cc3ccccc3nc21. The standard InChI is InChI=1S/C19H19NO2/c1-12(21)9-14-10-15-6-4-8-19(15,22)16-11-13-5-2-3-7-17(13)20-18(14)16/h2-3,5,7,9,11,15,22H,4,6,8,10H2,1H3/b14-9-. The lowest BCUT2D eigenvalue weighted by molar-refractivity contribution is -0.112. The molecule has 0 radical (unpaired) electrons. The van der Waals surface area contributed by atoms with Crippen LogP contribution in [0.5, 0.6) is 0 Å². The number of benzene rings is 1. The van der Waals surface area contributed by atoms with Gasteiger partial charge in [0.15, 0.2) is 5.78 Å². The molecule has 2 unspecified atom stereocenters. The summed E-state index contributed by atoms with van der Waals surface area (Å²) >= 11 is 0. The van der Waals surface area contributed by atoms with Gasteiger partial charge in [0.05, 0.1) is 16.8 Å². The molecule has 2 aliphatic carbocycles. The number of para-hydroxylation sites is 1. The number of fused-ring (bicyclic) bond motifs is 4. The number of aromatic nitrogens is 1. The zero-order chi connectivity index (χ0) is 15.3. The van der Waals surface area contributed by atoms with Gasteiger partial charge >= 0.3 is 0 Å². The van der Waals surface area contributed by atoms with Gasteiger partial charge in [-0.2, -0.15) is 0 Å². The first-order valence-electron chi connectivity index (χ1n) is 7.92. The third kappa shape index (κ3) is 1.92. The van der Waals surface area contributed by atoms with E-state index in [2.05, 4.69) is 6.07 Å². The Morgan fingerprint density at radius 2 is 2.23 bits per heavy atom. The fraction of sp³-hybridized carbons (Fsp3) is 0.368. The quantitative estimate of drug-likeness (QED) is 0.817. The Labute approximate surface area is 129 Å². The van der Waals surface area contributed by atoms with E-state index in [1.807, 2.05) is 24.3 Å². The van der Waals surface area contributed by atoms with Crippen LogP contribution in [0.4, 0.5) is 0 Å². The third-order valence-electron chi connectivity index (χ3n) is 5.12. The maximum absolute atomic E-state index is 11.6. The van der Waals surface area contributed by atoms with Gasteiger partial charge in [0, 0.05) is 10.9 Å². The van der Waals surface area contributed by atoms with E-state index in [0.29, 0.717) is 0 Å². The van der Waals surface area contributed by atoms with Gasteiger partial charge < -0.3 is 5.11 Å². The Kier molecular flexibility index (Phi) is 2.95. The van der Waals surface area contributed by atoms with Gasteiger partial charge in [-0.15, -0.1) is 0 Å². The fourth-order valence-electron chi connectivity index (χ4n) is 4.11. The molecular formula is C19H19NO2. The second-order valence-corrected chi connectivity index (χ2v) is 6.57. The van der Waals surface area contributed by atoms with Crippen LogP contribution in [0.15, 0.2) is 36.4 Å². The predicted molar refractivity (Wildman–Crippen MR) is 86.3 cm³/mol. The first-order chi connectivity index (χ1) is 10.6. The molecular weight excluding hydrogens is 274 g/mol. The molecule has 2 aromatic rings. The summed E-state index contributed by atoms with van der Waals surface area (Å²) in [5.74, 6) is 0.243. The van der Waals surface area contributed by atoms with Crippen molar-refractivity contribution in [2.24, 2.45) is 5.92 Å². The van der Waals surface area contributed by atoms with E-state index in [0.717, 1.165) is 53.4 Å². The maximum Gasteiger partial charge on any atom is 0.152 e. The van der Waals surface area contributed by atoms with Gasteiger partial charge in [-0.3, -0.25) is 4.79 Å². The van der Waals surface area contributed by atoms with E-state index < -0.39 is 5.60 Å². The van der Waals surface area contributed by atoms with Crippen molar-refractivity contribution >= 4 is 22.3 Å². The summed E-state index contributed by atoms with van der Waals surface area (Å²) in [5, 5.41) is 12.3. The highest BCUT2D eigenvalue weighted by molar-refractivity contribution is 5.96. The fourth-order valence-corrected chi connectivity index (χ4v) is 4.11. The molecule has 0 saturated heterocycles. The summed E-state index contributed by atoms with van der Waals surface area (Å²) < 4.78 is 0. The number of ketones is 1. The number of hydrogen-bond donors (Lipinski definition) is 1. The second-order valence-electron chi connectivity index (χ2n) is 6.57. The van der Waals surface area contributed by atoms with Crippen molar-refractivity contribution in [3.05, 3.63) is 47.7 Å². The van der Waals surface area contributed by atoms with E-state index in [9.17, 15) is 9.90 Å². The van der Waals surface area contributed by atoms with E-state index in [1.165, 1.54) is 0 Å². The molecule has 2 aliphatic rings. The Morgan fingerprint density at radius 3 is 3.05 bits per heavy atom. The summed E-state index contributed by atoms with van der Waals surface area (Å²) in [7, 11) is 0. The molecule has 1 heterocycles. The minimum absolute atomic E-state index is 0.0411. The van der Waals surface area contributed by atoms with Crippen molar-refractivity contribution in [3.8, 4) is 0 Å². The molecule has 1 fully saturated rings. The molecule has 3 nitrogen and oxygen atoms in total. The first-order valence-corrected chi connectivity index (χ1v) is 7.92. The summed E-state index contributed by atoms with van der Waals surface area (Å²) in [6.07, 6.45) is 5.27. The number of allylic oxidation sites excluding steroid dienone is 2. The van der Waals surface area contributed by atoms with Crippen LogP contribution < -0.4 is 0 Å². The molecule has 22 heavy (non-hydrogen) atoms. The van der Waals surface area contributed by atoms with Crippen LogP contribution >= 0.6 is 0 Å². The van der Waals surface area contributed by atoms with Crippen LogP contribution in [0, 0.1) is 5.92 Å². The lowest BCUT2D eigenvalue weighted by Crippen LogP contribution is -2.35. The van der Waals surface area contributed by atoms with Gasteiger partial charge in [0.25, 0.3) is 0 Å². The molecule has 0 bridgehead atoms. The summed E-state index contributed by atoms with van der Waals surface area (Å²) in [6, 6.07) is 10.0. The number of hydrogen-bond acceptors (Lipinski definition) is 3. The summed E-state index contributed by atoms with van der Waals surface area (Å²) in [4.78, 5) is 16.4. The van der Waals surface area contributed by atoms with Crippen molar-refractivity contribution in [1.82, 2.24) is 4.98 Å². The van der Waals surface area contributed by atoms with Gasteiger partial charge in [-0.25, -0.2) is 4.98 Å². The Hall–Kier alpha value is -2.00. The highest BCUT2D eigenvalue weighted by Crippen LogP contribution is 2.53. The first kappa shape index (κ1) is 13.6. The average molecular weight is 293 g/mol. The van der Waals surface area contributed by atoms with Crippen molar-refractivity contribution in [3.63, 3.8) is 0 Å². The zero-order valence-corrected chi connectivity index (χ0v) is 12.7. The molecule has 112 valence electrons. The normalized spacial score (nSPS) is 28.6. The predicted octanol–water partition coefficient (Wildman–Crippen LogP) is 3.60. The van der Waals surface area contributed by atoms with Crippen LogP contribution in [0.25, 0.3) is 16.5 Å². The van der Waals surface area contributed by atoms with Gasteiger partial charge in [0.2, 0.25) is 0 Å². The van der Waals surface area contributed by atoms with E-state index in [1.54, 1.807) is 13.0 Å². The van der Waals surface area contributed by atoms with Crippen LogP contribution in [0.3, 0.4) is 0 Å². The average Bonchev–Trinajstić information content (AvgIpc) is 2.87. The summed E-state index contributed by atoms with van der Waals surface area (Å²) in [6.45, 7) is 1.57. The molecule has 4 rings (SSSR count). The number of carbonyl (C=O) groups is 1. The Morgan fingerprint density at radius 1 is 1.41 bits per heavy atom. The van der Waals surface area contributed by atoms with E-state index in [-0.39, 0.29) is 11.7 Å². The maximum atomic E-state index is 11.6. The number of rotatable bonds is 1. The third-order valence-corrected chi connectivity index (χ3v) is 5.12. The highest BCUT2D eigenvalue weighted by atomic mass is 16.3. The van der Waals surface area contributed by atoms with Gasteiger partial charge in [-0.1, -0.05) is 18.2 Å². The van der Waals surface area contributed by atoms with E-state index >= 15 is 0 Å². The number of aliphatic hydroxyl groups is 1. The van der Waals surface area contributed by atoms with Crippen LogP contribution in [0.2, 0.25) is 0 Å². The topological polar surface area (TPSA) is 50.2 Å². The lowest BCUT2D eigenvalue weighted by atomic mass is 9.72. The van der Waals surface area contributed by atoms with Crippen molar-refractivity contribution < 1.29 is 9.90 Å². The molecule has 0 aliphatic heterocycles. The zero-order valence-electron chi connectivity index (χ0n) is 12.7. The van der Waals surface area contributed by atoms with Gasteiger partial charge in [0.1, 0.15) is 0 Å². The van der Waals surface area contributed by atoms with Crippen LogP contribution in [0.1, 0.15) is 43.9 Å². The van der Waals surface area contributed by atoms with Crippen molar-refractivity contribution in [2.75, 3.05) is 0 Å². The van der Waals surface area contributed by atoms with Crippen molar-refractivity contribution in [2.45, 2.75) is 38.2 Å². The summed E-state index contributed by atoms with van der Waals surface area (Å²) in [5.41, 5.74) is 2.84. The van der Waals surface area contributed by atoms with Crippen molar-refractivity contribution in [1.29, 1.82) is 0 Å². The molecule has 3 heteroatoms. The minimum atomic E-state index is -0.777. The Bertz CT molecular complexity index is 808. The number of pyridine rings is 1. The molecule has 1 aromatic carbocycles. The Balaban J connectivity index is 2.02. The second kappa shape index (κ2) is 4.75. The molecule has 1 N–H and O–H groups in total. The largest absolute Gasteiger partial charge is 0.385 e. The van der Waals surface area contributed by atoms with Crippen LogP contribution in [-0.2, 0) is 10.4 Å². The number of nitrogens with zero attached hydrogens (tertiary/aromatic N) is 1. The number of carbonyl (C=O) groups excluding carboxylic acids is 1. The molecule has 0 amide bonds. The lowest BCUT2D eigenvalue weighted by Gasteiger charge is -2.37. The van der Waals surface area contributed by atoms with Crippen LogP contribution in [-0.4, -0.2) is 15.9 Å².